The molecule has 3 heterocycles. The molecule has 1 aromatic carbocycles. The highest BCUT2D eigenvalue weighted by Crippen LogP contribution is 2.38. The molecular formula is C20H20N4O2. The van der Waals surface area contributed by atoms with Gasteiger partial charge in [-0.1, -0.05) is 13.0 Å². The average molecular weight is 348 g/mol. The molecule has 0 bridgehead atoms. The molecule has 0 spiro atoms. The van der Waals surface area contributed by atoms with E-state index in [2.05, 4.69) is 26.8 Å². The van der Waals surface area contributed by atoms with Crippen LogP contribution in [0.3, 0.4) is 0 Å². The van der Waals surface area contributed by atoms with Crippen LogP contribution in [0.4, 0.5) is 5.82 Å². The highest BCUT2D eigenvalue weighted by Gasteiger charge is 2.21. The summed E-state index contributed by atoms with van der Waals surface area (Å²) in [6.07, 6.45) is 5.99. The second kappa shape index (κ2) is 7.00. The Bertz CT molecular complexity index is 915. The lowest BCUT2D eigenvalue weighted by Crippen LogP contribution is -2.26. The van der Waals surface area contributed by atoms with E-state index in [0.29, 0.717) is 25.4 Å². The van der Waals surface area contributed by atoms with Crippen LogP contribution < -0.4 is 9.64 Å². The number of rotatable bonds is 3. The standard InChI is InChI=1S/C20H20N4O2/c1-2-17-10-19(23-13-22-17)24-6-7-26-20-16(12-24)8-15(9-18(20)25)14-4-3-5-21-11-14/h3-5,8-11,13,25H,2,6-7,12H2,1H3. The summed E-state index contributed by atoms with van der Waals surface area (Å²) < 4.78 is 5.83. The lowest BCUT2D eigenvalue weighted by Gasteiger charge is -2.21. The van der Waals surface area contributed by atoms with Crippen LogP contribution in [-0.4, -0.2) is 33.2 Å². The Balaban J connectivity index is 1.72. The van der Waals surface area contributed by atoms with Crippen molar-refractivity contribution in [2.24, 2.45) is 0 Å². The molecule has 0 radical (unpaired) electrons. The maximum atomic E-state index is 10.5. The Morgan fingerprint density at radius 3 is 2.92 bits per heavy atom. The molecule has 6 heteroatoms. The number of phenolic OH excluding ortho intramolecular Hbond substituents is 1. The summed E-state index contributed by atoms with van der Waals surface area (Å²) >= 11 is 0. The van der Waals surface area contributed by atoms with Gasteiger partial charge in [-0.15, -0.1) is 0 Å². The smallest absolute Gasteiger partial charge is 0.166 e. The van der Waals surface area contributed by atoms with Crippen molar-refractivity contribution in [3.8, 4) is 22.6 Å². The highest BCUT2D eigenvalue weighted by molar-refractivity contribution is 5.68. The Morgan fingerprint density at radius 1 is 1.19 bits per heavy atom. The first-order chi connectivity index (χ1) is 12.7. The van der Waals surface area contributed by atoms with Crippen molar-refractivity contribution in [1.82, 2.24) is 15.0 Å². The largest absolute Gasteiger partial charge is 0.504 e. The van der Waals surface area contributed by atoms with E-state index < -0.39 is 0 Å². The van der Waals surface area contributed by atoms with Crippen molar-refractivity contribution in [3.63, 3.8) is 0 Å². The first-order valence-corrected chi connectivity index (χ1v) is 8.69. The van der Waals surface area contributed by atoms with Crippen LogP contribution in [0.5, 0.6) is 11.5 Å². The van der Waals surface area contributed by atoms with Crippen LogP contribution >= 0.6 is 0 Å². The first-order valence-electron chi connectivity index (χ1n) is 8.69. The van der Waals surface area contributed by atoms with Gasteiger partial charge < -0.3 is 14.7 Å². The van der Waals surface area contributed by atoms with E-state index >= 15 is 0 Å². The minimum Gasteiger partial charge on any atom is -0.504 e. The van der Waals surface area contributed by atoms with Gasteiger partial charge in [0.15, 0.2) is 11.5 Å². The van der Waals surface area contributed by atoms with E-state index in [1.54, 1.807) is 24.8 Å². The molecular weight excluding hydrogens is 328 g/mol. The van der Waals surface area contributed by atoms with E-state index in [4.69, 9.17) is 4.74 Å². The predicted octanol–water partition coefficient (Wildman–Crippen LogP) is 3.21. The minimum absolute atomic E-state index is 0.153. The number of pyridine rings is 1. The summed E-state index contributed by atoms with van der Waals surface area (Å²) in [5.74, 6) is 1.57. The van der Waals surface area contributed by atoms with Gasteiger partial charge in [0.1, 0.15) is 18.8 Å². The molecule has 0 unspecified atom stereocenters. The zero-order valence-electron chi connectivity index (χ0n) is 14.6. The van der Waals surface area contributed by atoms with Crippen LogP contribution in [0, 0.1) is 0 Å². The summed E-state index contributed by atoms with van der Waals surface area (Å²) in [5.41, 5.74) is 3.80. The summed E-state index contributed by atoms with van der Waals surface area (Å²) in [6, 6.07) is 9.64. The molecule has 0 fully saturated rings. The molecule has 1 aliphatic heterocycles. The third kappa shape index (κ3) is 3.18. The molecule has 132 valence electrons. The van der Waals surface area contributed by atoms with Gasteiger partial charge in [-0.05, 0) is 30.2 Å². The molecule has 4 rings (SSSR count). The van der Waals surface area contributed by atoms with Crippen LogP contribution in [-0.2, 0) is 13.0 Å². The number of ether oxygens (including phenoxy) is 1. The molecule has 1 aliphatic rings. The number of phenols is 1. The fraction of sp³-hybridized carbons (Fsp3) is 0.250. The van der Waals surface area contributed by atoms with Gasteiger partial charge in [0.2, 0.25) is 0 Å². The van der Waals surface area contributed by atoms with Crippen LogP contribution in [0.1, 0.15) is 18.2 Å². The van der Waals surface area contributed by atoms with Gasteiger partial charge in [0, 0.05) is 41.8 Å². The van der Waals surface area contributed by atoms with Crippen molar-refractivity contribution < 1.29 is 9.84 Å². The number of anilines is 1. The lowest BCUT2D eigenvalue weighted by molar-refractivity contribution is 0.311. The summed E-state index contributed by atoms with van der Waals surface area (Å²) in [6.45, 7) is 3.86. The number of aromatic hydroxyl groups is 1. The van der Waals surface area contributed by atoms with Gasteiger partial charge in [0.25, 0.3) is 0 Å². The summed E-state index contributed by atoms with van der Waals surface area (Å²) in [7, 11) is 0. The fourth-order valence-corrected chi connectivity index (χ4v) is 3.15. The quantitative estimate of drug-likeness (QED) is 0.784. The molecule has 26 heavy (non-hydrogen) atoms. The Morgan fingerprint density at radius 2 is 2.12 bits per heavy atom. The normalized spacial score (nSPS) is 13.7. The van der Waals surface area contributed by atoms with Gasteiger partial charge in [-0.2, -0.15) is 0 Å². The molecule has 0 amide bonds. The lowest BCUT2D eigenvalue weighted by atomic mass is 10.0. The second-order valence-corrected chi connectivity index (χ2v) is 6.22. The monoisotopic (exact) mass is 348 g/mol. The number of aromatic nitrogens is 3. The van der Waals surface area contributed by atoms with Gasteiger partial charge in [-0.25, -0.2) is 9.97 Å². The van der Waals surface area contributed by atoms with Crippen LogP contribution in [0.2, 0.25) is 0 Å². The van der Waals surface area contributed by atoms with E-state index in [-0.39, 0.29) is 5.75 Å². The number of benzene rings is 1. The van der Waals surface area contributed by atoms with Gasteiger partial charge in [-0.3, -0.25) is 4.98 Å². The van der Waals surface area contributed by atoms with E-state index in [9.17, 15) is 5.11 Å². The molecule has 0 saturated carbocycles. The molecule has 0 saturated heterocycles. The van der Waals surface area contributed by atoms with Crippen LogP contribution in [0.15, 0.2) is 49.1 Å². The maximum absolute atomic E-state index is 10.5. The highest BCUT2D eigenvalue weighted by atomic mass is 16.5. The number of hydrogen-bond acceptors (Lipinski definition) is 6. The predicted molar refractivity (Wildman–Crippen MR) is 99.3 cm³/mol. The summed E-state index contributed by atoms with van der Waals surface area (Å²) in [4.78, 5) is 15.0. The Labute approximate surface area is 152 Å². The van der Waals surface area contributed by atoms with E-state index in [1.807, 2.05) is 24.3 Å². The molecule has 0 atom stereocenters. The average Bonchev–Trinajstić information content (AvgIpc) is 2.91. The minimum atomic E-state index is 0.153. The maximum Gasteiger partial charge on any atom is 0.166 e. The topological polar surface area (TPSA) is 71.4 Å². The molecule has 1 N–H and O–H groups in total. The first kappa shape index (κ1) is 16.3. The zero-order chi connectivity index (χ0) is 17.9. The molecule has 2 aromatic heterocycles. The van der Waals surface area contributed by atoms with Crippen molar-refractivity contribution in [1.29, 1.82) is 0 Å². The number of hydrogen-bond donors (Lipinski definition) is 1. The Kier molecular flexibility index (Phi) is 4.39. The van der Waals surface area contributed by atoms with Crippen LogP contribution in [0.25, 0.3) is 11.1 Å². The van der Waals surface area contributed by atoms with Gasteiger partial charge in [0.05, 0.1) is 6.54 Å². The van der Waals surface area contributed by atoms with E-state index in [1.165, 1.54) is 0 Å². The SMILES string of the molecule is CCc1cc(N2CCOc3c(O)cc(-c4cccnc4)cc3C2)ncn1. The second-order valence-electron chi connectivity index (χ2n) is 6.22. The van der Waals surface area contributed by atoms with Crippen molar-refractivity contribution >= 4 is 5.82 Å². The molecule has 3 aromatic rings. The fourth-order valence-electron chi connectivity index (χ4n) is 3.15. The van der Waals surface area contributed by atoms with E-state index in [0.717, 1.165) is 34.6 Å². The number of aryl methyl sites for hydroxylation is 1. The third-order valence-corrected chi connectivity index (χ3v) is 4.51. The summed E-state index contributed by atoms with van der Waals surface area (Å²) in [5, 5.41) is 10.5. The van der Waals surface area contributed by atoms with Crippen molar-refractivity contribution in [2.45, 2.75) is 19.9 Å². The third-order valence-electron chi connectivity index (χ3n) is 4.51. The van der Waals surface area contributed by atoms with Gasteiger partial charge >= 0.3 is 0 Å². The Hall–Kier alpha value is -3.15. The van der Waals surface area contributed by atoms with Crippen molar-refractivity contribution in [2.75, 3.05) is 18.1 Å². The number of nitrogens with zero attached hydrogens (tertiary/aromatic N) is 4. The molecule has 6 nitrogen and oxygen atoms in total. The molecule has 0 aliphatic carbocycles. The van der Waals surface area contributed by atoms with Crippen molar-refractivity contribution in [3.05, 3.63) is 60.3 Å². The number of fused-ring (bicyclic) bond motifs is 1. The zero-order valence-corrected chi connectivity index (χ0v) is 14.6.